The molecule has 0 aliphatic rings. The summed E-state index contributed by atoms with van der Waals surface area (Å²) in [7, 11) is 30.9. The first-order chi connectivity index (χ1) is 5.88. The van der Waals surface area contributed by atoms with Crippen molar-refractivity contribution in [1.82, 2.24) is 0 Å². The van der Waals surface area contributed by atoms with Gasteiger partial charge in [0, 0.05) is 17.7 Å². The lowest BCUT2D eigenvalue weighted by Crippen LogP contribution is -2.25. The summed E-state index contributed by atoms with van der Waals surface area (Å²) in [6.07, 6.45) is 0.588. The van der Waals surface area contributed by atoms with E-state index in [4.69, 9.17) is 64.1 Å². The number of hydrogen-bond acceptors (Lipinski definition) is 0. The van der Waals surface area contributed by atoms with Gasteiger partial charge in [0.25, 0.3) is 0 Å². The Hall–Kier alpha value is 2.44. The second-order valence-corrected chi connectivity index (χ2v) is 18.6. The van der Waals surface area contributed by atoms with E-state index in [-0.39, 0.29) is 5.25 Å². The van der Waals surface area contributed by atoms with Gasteiger partial charge in [0.15, 0.2) is 0 Å². The van der Waals surface area contributed by atoms with Gasteiger partial charge in [-0.15, -0.1) is 0 Å². The Morgan fingerprint density at radius 3 is 1.57 bits per heavy atom. The predicted molar refractivity (Wildman–Crippen MR) is 78.5 cm³/mol. The van der Waals surface area contributed by atoms with Gasteiger partial charge in [-0.3, -0.25) is 0 Å². The quantitative estimate of drug-likeness (QED) is 0.502. The topological polar surface area (TPSA) is 0 Å². The molecule has 0 spiro atoms. The third kappa shape index (κ3) is 5.18. The lowest BCUT2D eigenvalue weighted by atomic mass is 10.1. The van der Waals surface area contributed by atoms with Crippen molar-refractivity contribution in [2.45, 2.75) is 37.2 Å². The van der Waals surface area contributed by atoms with Gasteiger partial charge >= 0.3 is 0 Å². The van der Waals surface area contributed by atoms with Gasteiger partial charge in [-0.2, -0.15) is 0 Å². The van der Waals surface area contributed by atoms with E-state index in [2.05, 4.69) is 0 Å². The highest BCUT2D eigenvalue weighted by Crippen LogP contribution is 2.75. The molecule has 0 saturated carbocycles. The maximum absolute atomic E-state index is 5.91. The molecule has 90 valence electrons. The summed E-state index contributed by atoms with van der Waals surface area (Å²) in [5.74, 6) is 0. The van der Waals surface area contributed by atoms with Crippen LogP contribution in [0.2, 0.25) is 0 Å². The summed E-state index contributed by atoms with van der Waals surface area (Å²) in [6, 6.07) is 0. The second kappa shape index (κ2) is 5.39. The van der Waals surface area contributed by atoms with Crippen molar-refractivity contribution < 1.29 is 0 Å². The van der Waals surface area contributed by atoms with Crippen molar-refractivity contribution >= 4 is 79.4 Å². The summed E-state index contributed by atoms with van der Waals surface area (Å²) >= 11 is 0. The molecule has 0 aliphatic carbocycles. The Balaban J connectivity index is 4.53. The van der Waals surface area contributed by atoms with Crippen molar-refractivity contribution in [2.24, 2.45) is 0 Å². The molecule has 0 aromatic rings. The molecular weight excluding hydrogens is 349 g/mol. The van der Waals surface area contributed by atoms with Crippen LogP contribution >= 0.6 is 79.4 Å². The minimum absolute atomic E-state index is 0.0781. The molecule has 14 heavy (non-hydrogen) atoms. The van der Waals surface area contributed by atoms with E-state index in [1.165, 1.54) is 0 Å². The number of hydrogen-bond donors (Lipinski definition) is 0. The maximum Gasteiger partial charge on any atom is 0.0344 e. The minimum atomic E-state index is -2.20. The molecular formula is C6H12Cl6S2. The van der Waals surface area contributed by atoms with Crippen LogP contribution in [-0.2, 0) is 0 Å². The van der Waals surface area contributed by atoms with Crippen LogP contribution in [0.3, 0.4) is 0 Å². The molecule has 0 nitrogen and oxygen atoms in total. The summed E-state index contributed by atoms with van der Waals surface area (Å²) < 4.78 is -0.437. The van der Waals surface area contributed by atoms with Crippen LogP contribution < -0.4 is 0 Å². The number of rotatable bonds is 4. The van der Waals surface area contributed by atoms with Gasteiger partial charge in [-0.1, -0.05) is 6.92 Å². The molecule has 0 fully saturated rings. The summed E-state index contributed by atoms with van der Waals surface area (Å²) in [6.45, 7) is 5.61. The Morgan fingerprint density at radius 1 is 1.00 bits per heavy atom. The SMILES string of the molecule is CC(CC(C)(C)S(Cl)(Cl)Cl)S(Cl)(Cl)Cl. The van der Waals surface area contributed by atoms with E-state index in [0.717, 1.165) is 0 Å². The fourth-order valence-corrected chi connectivity index (χ4v) is 3.17. The maximum atomic E-state index is 5.91. The Bertz CT molecular complexity index is 193. The molecule has 0 aliphatic heterocycles. The molecule has 8 heteroatoms. The fourth-order valence-electron chi connectivity index (χ4n) is 0.881. The highest BCUT2D eigenvalue weighted by Gasteiger charge is 2.40. The highest BCUT2D eigenvalue weighted by molar-refractivity contribution is 8.80. The smallest absolute Gasteiger partial charge is 0.0344 e. The molecule has 1 atom stereocenters. The van der Waals surface area contributed by atoms with Gasteiger partial charge in [0.2, 0.25) is 0 Å². The summed E-state index contributed by atoms with van der Waals surface area (Å²) in [5, 5.41) is -0.0781. The van der Waals surface area contributed by atoms with Gasteiger partial charge in [-0.05, 0) is 92.0 Å². The first-order valence-corrected chi connectivity index (χ1v) is 12.0. The van der Waals surface area contributed by atoms with Crippen LogP contribution in [-0.4, -0.2) is 10.00 Å². The van der Waals surface area contributed by atoms with E-state index in [1.807, 2.05) is 20.8 Å². The third-order valence-electron chi connectivity index (χ3n) is 1.86. The first kappa shape index (κ1) is 16.4. The second-order valence-electron chi connectivity index (χ2n) is 3.62. The zero-order valence-electron chi connectivity index (χ0n) is 7.87. The first-order valence-electron chi connectivity index (χ1n) is 3.70. The monoisotopic (exact) mass is 358 g/mol. The van der Waals surface area contributed by atoms with E-state index in [1.54, 1.807) is 0 Å². The molecule has 0 radical (unpaired) electrons. The van der Waals surface area contributed by atoms with Crippen molar-refractivity contribution in [2.75, 3.05) is 0 Å². The predicted octanol–water partition coefficient (Wildman–Crippen LogP) is 7.08. The third-order valence-corrected chi connectivity index (χ3v) is 10.9. The normalized spacial score (nSPS) is 19.2. The molecule has 0 aromatic heterocycles. The molecule has 0 rings (SSSR count). The van der Waals surface area contributed by atoms with Crippen molar-refractivity contribution in [1.29, 1.82) is 0 Å². The Morgan fingerprint density at radius 2 is 1.36 bits per heavy atom. The van der Waals surface area contributed by atoms with E-state index < -0.39 is 20.1 Å². The van der Waals surface area contributed by atoms with Crippen LogP contribution in [0.5, 0.6) is 0 Å². The van der Waals surface area contributed by atoms with Crippen LogP contribution in [0.25, 0.3) is 0 Å². The summed E-state index contributed by atoms with van der Waals surface area (Å²) in [4.78, 5) is 0. The molecule has 1 unspecified atom stereocenters. The molecule has 0 aromatic carbocycles. The van der Waals surface area contributed by atoms with Crippen molar-refractivity contribution in [3.63, 3.8) is 0 Å². The highest BCUT2D eigenvalue weighted by atomic mass is 36.2. The van der Waals surface area contributed by atoms with E-state index in [0.29, 0.717) is 6.42 Å². The van der Waals surface area contributed by atoms with Crippen molar-refractivity contribution in [3.05, 3.63) is 0 Å². The summed E-state index contributed by atoms with van der Waals surface area (Å²) in [5.41, 5.74) is 0. The average molecular weight is 361 g/mol. The van der Waals surface area contributed by atoms with Crippen LogP contribution in [0.15, 0.2) is 0 Å². The van der Waals surface area contributed by atoms with Gasteiger partial charge in [-0.25, -0.2) is 0 Å². The molecule has 0 bridgehead atoms. The van der Waals surface area contributed by atoms with Crippen LogP contribution in [0.1, 0.15) is 27.2 Å². The number of halogens is 6. The largest absolute Gasteiger partial charge is 0.0514 e. The van der Waals surface area contributed by atoms with Crippen LogP contribution in [0, 0.1) is 0 Å². The Labute approximate surface area is 116 Å². The van der Waals surface area contributed by atoms with E-state index >= 15 is 0 Å². The van der Waals surface area contributed by atoms with E-state index in [9.17, 15) is 0 Å². The standard InChI is InChI=1S/C6H12Cl6S2/c1-5(13(7,8)9)4-6(2,3)14(10,11)12/h5H,4H2,1-3H3. The Kier molecular flexibility index (Phi) is 6.33. The molecule has 0 heterocycles. The fraction of sp³-hybridized carbons (Fsp3) is 1.00. The van der Waals surface area contributed by atoms with Gasteiger partial charge in [0.05, 0.1) is 0 Å². The minimum Gasteiger partial charge on any atom is -0.0514 e. The lowest BCUT2D eigenvalue weighted by molar-refractivity contribution is 0.637. The zero-order valence-corrected chi connectivity index (χ0v) is 14.0. The van der Waals surface area contributed by atoms with Crippen molar-refractivity contribution in [3.8, 4) is 0 Å². The van der Waals surface area contributed by atoms with Gasteiger partial charge < -0.3 is 0 Å². The van der Waals surface area contributed by atoms with Gasteiger partial charge in [0.1, 0.15) is 0 Å². The molecule has 0 amide bonds. The lowest BCUT2D eigenvalue weighted by Gasteiger charge is -2.39. The molecule has 0 saturated heterocycles. The van der Waals surface area contributed by atoms with Crippen LogP contribution in [0.4, 0.5) is 0 Å². The average Bonchev–Trinajstić information content (AvgIpc) is 1.80. The zero-order chi connectivity index (χ0) is 11.8. The molecule has 0 N–H and O–H groups in total.